The quantitative estimate of drug-likeness (QED) is 0.833. The van der Waals surface area contributed by atoms with Crippen LogP contribution in [-0.2, 0) is 5.41 Å². The predicted molar refractivity (Wildman–Crippen MR) is 80.4 cm³/mol. The van der Waals surface area contributed by atoms with E-state index in [4.69, 9.17) is 4.98 Å². The highest BCUT2D eigenvalue weighted by molar-refractivity contribution is 5.83. The number of pyridine rings is 1. The number of hydrogen-bond donors (Lipinski definition) is 1. The van der Waals surface area contributed by atoms with Gasteiger partial charge >= 0.3 is 0 Å². The zero-order valence-electron chi connectivity index (χ0n) is 12.0. The van der Waals surface area contributed by atoms with Gasteiger partial charge in [-0.25, -0.2) is 0 Å². The maximum atomic E-state index is 4.85. The number of benzene rings is 1. The van der Waals surface area contributed by atoms with Crippen molar-refractivity contribution >= 4 is 10.9 Å². The van der Waals surface area contributed by atoms with E-state index in [1.165, 1.54) is 29.5 Å². The summed E-state index contributed by atoms with van der Waals surface area (Å²) in [6.07, 6.45) is 2.50. The van der Waals surface area contributed by atoms with Gasteiger partial charge in [-0.2, -0.15) is 0 Å². The van der Waals surface area contributed by atoms with Crippen molar-refractivity contribution in [3.63, 3.8) is 0 Å². The number of aromatic nitrogens is 1. The van der Waals surface area contributed by atoms with E-state index in [2.05, 4.69) is 56.4 Å². The first-order valence-corrected chi connectivity index (χ1v) is 7.19. The summed E-state index contributed by atoms with van der Waals surface area (Å²) in [5.74, 6) is 0. The molecule has 19 heavy (non-hydrogen) atoms. The molecular formula is C17H22N2. The van der Waals surface area contributed by atoms with Gasteiger partial charge in [-0.3, -0.25) is 4.98 Å². The molecule has 1 atom stereocenters. The van der Waals surface area contributed by atoms with Crippen LogP contribution in [0.3, 0.4) is 0 Å². The molecule has 0 saturated carbocycles. The molecule has 1 unspecified atom stereocenters. The van der Waals surface area contributed by atoms with Crippen LogP contribution in [0.5, 0.6) is 0 Å². The van der Waals surface area contributed by atoms with Crippen LogP contribution in [0.2, 0.25) is 0 Å². The Bertz CT molecular complexity index is 590. The van der Waals surface area contributed by atoms with Gasteiger partial charge in [0.25, 0.3) is 0 Å². The Morgan fingerprint density at radius 2 is 2.00 bits per heavy atom. The van der Waals surface area contributed by atoms with Crippen LogP contribution in [-0.4, -0.2) is 11.5 Å². The SMILES string of the molecule is CC(C)(C)c1cc(C2CCCN2)c2ccccc2n1. The molecule has 2 heteroatoms. The van der Waals surface area contributed by atoms with Crippen molar-refractivity contribution in [2.45, 2.75) is 45.1 Å². The molecule has 1 saturated heterocycles. The molecule has 100 valence electrons. The molecule has 1 aromatic carbocycles. The first-order chi connectivity index (χ1) is 9.05. The van der Waals surface area contributed by atoms with E-state index in [0.29, 0.717) is 6.04 Å². The number of fused-ring (bicyclic) bond motifs is 1. The summed E-state index contributed by atoms with van der Waals surface area (Å²) < 4.78 is 0. The molecule has 0 amide bonds. The van der Waals surface area contributed by atoms with E-state index < -0.39 is 0 Å². The van der Waals surface area contributed by atoms with Crippen molar-refractivity contribution in [3.8, 4) is 0 Å². The second-order valence-electron chi connectivity index (χ2n) is 6.51. The highest BCUT2D eigenvalue weighted by atomic mass is 14.9. The molecule has 2 nitrogen and oxygen atoms in total. The molecule has 1 aromatic heterocycles. The smallest absolute Gasteiger partial charge is 0.0708 e. The largest absolute Gasteiger partial charge is 0.310 e. The van der Waals surface area contributed by atoms with Crippen LogP contribution in [0.25, 0.3) is 10.9 Å². The van der Waals surface area contributed by atoms with Crippen LogP contribution in [0.1, 0.15) is 50.9 Å². The highest BCUT2D eigenvalue weighted by Crippen LogP contribution is 2.32. The number of para-hydroxylation sites is 1. The first kappa shape index (κ1) is 12.6. The van der Waals surface area contributed by atoms with Gasteiger partial charge in [-0.05, 0) is 37.1 Å². The summed E-state index contributed by atoms with van der Waals surface area (Å²) in [7, 11) is 0. The minimum Gasteiger partial charge on any atom is -0.310 e. The average molecular weight is 254 g/mol. The molecule has 1 aliphatic rings. The fourth-order valence-electron chi connectivity index (χ4n) is 2.82. The molecule has 1 N–H and O–H groups in total. The Kier molecular flexibility index (Phi) is 3.06. The molecule has 1 fully saturated rings. The van der Waals surface area contributed by atoms with Gasteiger partial charge in [0.05, 0.1) is 5.52 Å². The van der Waals surface area contributed by atoms with Gasteiger partial charge in [-0.1, -0.05) is 39.0 Å². The van der Waals surface area contributed by atoms with Gasteiger partial charge < -0.3 is 5.32 Å². The van der Waals surface area contributed by atoms with Crippen molar-refractivity contribution in [1.82, 2.24) is 10.3 Å². The van der Waals surface area contributed by atoms with Crippen molar-refractivity contribution in [2.24, 2.45) is 0 Å². The number of nitrogens with zero attached hydrogens (tertiary/aromatic N) is 1. The normalized spacial score (nSPS) is 20.1. The highest BCUT2D eigenvalue weighted by Gasteiger charge is 2.23. The molecule has 2 heterocycles. The summed E-state index contributed by atoms with van der Waals surface area (Å²) in [5.41, 5.74) is 3.83. The molecule has 3 rings (SSSR count). The lowest BCUT2D eigenvalue weighted by Gasteiger charge is -2.22. The third kappa shape index (κ3) is 2.37. The molecule has 1 aliphatic heterocycles. The Morgan fingerprint density at radius 3 is 2.68 bits per heavy atom. The minimum absolute atomic E-state index is 0.0946. The Labute approximate surface area is 115 Å². The standard InChI is InChI=1S/C17H22N2/c1-17(2,3)16-11-13(14-9-6-10-18-14)12-7-4-5-8-15(12)19-16/h4-5,7-8,11,14,18H,6,9-10H2,1-3H3. The van der Waals surface area contributed by atoms with Crippen LogP contribution in [0.4, 0.5) is 0 Å². The summed E-state index contributed by atoms with van der Waals surface area (Å²) in [5, 5.41) is 4.92. The lowest BCUT2D eigenvalue weighted by Crippen LogP contribution is -2.18. The van der Waals surface area contributed by atoms with Crippen molar-refractivity contribution in [1.29, 1.82) is 0 Å². The van der Waals surface area contributed by atoms with Crippen LogP contribution in [0, 0.1) is 0 Å². The van der Waals surface area contributed by atoms with Gasteiger partial charge in [0.2, 0.25) is 0 Å². The van der Waals surface area contributed by atoms with E-state index in [0.717, 1.165) is 12.1 Å². The number of hydrogen-bond acceptors (Lipinski definition) is 2. The maximum Gasteiger partial charge on any atom is 0.0708 e. The summed E-state index contributed by atoms with van der Waals surface area (Å²) in [4.78, 5) is 4.85. The van der Waals surface area contributed by atoms with Gasteiger partial charge in [-0.15, -0.1) is 0 Å². The fraction of sp³-hybridized carbons (Fsp3) is 0.471. The van der Waals surface area contributed by atoms with Crippen molar-refractivity contribution < 1.29 is 0 Å². The Morgan fingerprint density at radius 1 is 1.21 bits per heavy atom. The Hall–Kier alpha value is -1.41. The Balaban J connectivity index is 2.21. The number of rotatable bonds is 1. The fourth-order valence-corrected chi connectivity index (χ4v) is 2.82. The zero-order valence-corrected chi connectivity index (χ0v) is 12.0. The summed E-state index contributed by atoms with van der Waals surface area (Å²) in [6.45, 7) is 7.83. The third-order valence-electron chi connectivity index (χ3n) is 3.95. The summed E-state index contributed by atoms with van der Waals surface area (Å²) in [6, 6.07) is 11.3. The molecule has 2 aromatic rings. The maximum absolute atomic E-state index is 4.85. The third-order valence-corrected chi connectivity index (χ3v) is 3.95. The van der Waals surface area contributed by atoms with Gasteiger partial charge in [0, 0.05) is 22.5 Å². The predicted octanol–water partition coefficient (Wildman–Crippen LogP) is 3.96. The van der Waals surface area contributed by atoms with E-state index in [9.17, 15) is 0 Å². The van der Waals surface area contributed by atoms with Crippen LogP contribution < -0.4 is 5.32 Å². The zero-order chi connectivity index (χ0) is 13.5. The average Bonchev–Trinajstić information content (AvgIpc) is 2.90. The van der Waals surface area contributed by atoms with Gasteiger partial charge in [0.15, 0.2) is 0 Å². The van der Waals surface area contributed by atoms with Crippen molar-refractivity contribution in [3.05, 3.63) is 41.6 Å². The molecule has 0 radical (unpaired) electrons. The lowest BCUT2D eigenvalue weighted by molar-refractivity contribution is 0.566. The molecule has 0 bridgehead atoms. The number of nitrogens with one attached hydrogen (secondary N) is 1. The van der Waals surface area contributed by atoms with E-state index in [1.807, 2.05) is 0 Å². The van der Waals surface area contributed by atoms with Crippen LogP contribution in [0.15, 0.2) is 30.3 Å². The first-order valence-electron chi connectivity index (χ1n) is 7.19. The molecule has 0 spiro atoms. The second kappa shape index (κ2) is 4.61. The van der Waals surface area contributed by atoms with E-state index in [-0.39, 0.29) is 5.41 Å². The second-order valence-corrected chi connectivity index (χ2v) is 6.51. The van der Waals surface area contributed by atoms with Crippen LogP contribution >= 0.6 is 0 Å². The van der Waals surface area contributed by atoms with Crippen molar-refractivity contribution in [2.75, 3.05) is 6.54 Å². The molecular weight excluding hydrogens is 232 g/mol. The summed E-state index contributed by atoms with van der Waals surface area (Å²) >= 11 is 0. The van der Waals surface area contributed by atoms with Gasteiger partial charge in [0.1, 0.15) is 0 Å². The molecule has 0 aliphatic carbocycles. The topological polar surface area (TPSA) is 24.9 Å². The minimum atomic E-state index is 0.0946. The monoisotopic (exact) mass is 254 g/mol. The van der Waals surface area contributed by atoms with E-state index in [1.54, 1.807) is 0 Å². The lowest BCUT2D eigenvalue weighted by atomic mass is 9.88. The van der Waals surface area contributed by atoms with E-state index >= 15 is 0 Å².